The van der Waals surface area contributed by atoms with Crippen LogP contribution in [0, 0.1) is 16.7 Å². The van der Waals surface area contributed by atoms with E-state index in [0.29, 0.717) is 12.8 Å². The van der Waals surface area contributed by atoms with Crippen molar-refractivity contribution >= 4 is 5.91 Å². The minimum Gasteiger partial charge on any atom is -0.395 e. The first-order valence-corrected chi connectivity index (χ1v) is 6.54. The van der Waals surface area contributed by atoms with E-state index in [1.807, 2.05) is 13.8 Å². The second kappa shape index (κ2) is 8.90. The van der Waals surface area contributed by atoms with E-state index in [-0.39, 0.29) is 32.2 Å². The Kier molecular flexibility index (Phi) is 8.34. The Balaban J connectivity index is 5.06. The fraction of sp³-hybridized carbons (Fsp3) is 0.846. The van der Waals surface area contributed by atoms with Crippen molar-refractivity contribution in [3.8, 4) is 6.07 Å². The maximum absolute atomic E-state index is 12.4. The van der Waals surface area contributed by atoms with Gasteiger partial charge in [0.1, 0.15) is 5.41 Å². The van der Waals surface area contributed by atoms with Gasteiger partial charge >= 0.3 is 0 Å². The average Bonchev–Trinajstić information content (AvgIpc) is 2.37. The van der Waals surface area contributed by atoms with Crippen LogP contribution < -0.4 is 0 Å². The van der Waals surface area contributed by atoms with E-state index in [1.54, 1.807) is 0 Å². The molecule has 0 heterocycles. The summed E-state index contributed by atoms with van der Waals surface area (Å²) in [6.45, 7) is 3.89. The lowest BCUT2D eigenvalue weighted by Crippen LogP contribution is -2.45. The smallest absolute Gasteiger partial charge is 0.243 e. The van der Waals surface area contributed by atoms with Crippen molar-refractivity contribution < 1.29 is 15.0 Å². The summed E-state index contributed by atoms with van der Waals surface area (Å²) in [4.78, 5) is 13.8. The first-order chi connectivity index (χ1) is 8.61. The SMILES string of the molecule is CCCC(C#N)(CCC)C(=O)N(CCO)CCO. The van der Waals surface area contributed by atoms with Gasteiger partial charge in [0, 0.05) is 13.1 Å². The van der Waals surface area contributed by atoms with Gasteiger partial charge in [0.2, 0.25) is 5.91 Å². The van der Waals surface area contributed by atoms with Crippen molar-refractivity contribution in [2.45, 2.75) is 39.5 Å². The van der Waals surface area contributed by atoms with E-state index >= 15 is 0 Å². The molecule has 0 rings (SSSR count). The fourth-order valence-corrected chi connectivity index (χ4v) is 2.21. The van der Waals surface area contributed by atoms with Gasteiger partial charge < -0.3 is 15.1 Å². The van der Waals surface area contributed by atoms with Crippen LogP contribution in [0.1, 0.15) is 39.5 Å². The Labute approximate surface area is 109 Å². The topological polar surface area (TPSA) is 84.6 Å². The zero-order valence-corrected chi connectivity index (χ0v) is 11.4. The molecule has 0 atom stereocenters. The first-order valence-electron chi connectivity index (χ1n) is 6.54. The molecule has 0 aromatic carbocycles. The van der Waals surface area contributed by atoms with Gasteiger partial charge in [-0.25, -0.2) is 0 Å². The van der Waals surface area contributed by atoms with Crippen LogP contribution in [-0.2, 0) is 4.79 Å². The molecular formula is C13H24N2O3. The summed E-state index contributed by atoms with van der Waals surface area (Å²) in [5.41, 5.74) is -1.01. The molecule has 0 radical (unpaired) electrons. The third-order valence-corrected chi connectivity index (χ3v) is 3.00. The lowest BCUT2D eigenvalue weighted by Gasteiger charge is -2.31. The molecule has 104 valence electrons. The Hall–Kier alpha value is -1.12. The summed E-state index contributed by atoms with van der Waals surface area (Å²) in [5.74, 6) is -0.267. The van der Waals surface area contributed by atoms with Gasteiger partial charge in [0.05, 0.1) is 19.3 Å². The van der Waals surface area contributed by atoms with Crippen LogP contribution in [0.4, 0.5) is 0 Å². The van der Waals surface area contributed by atoms with Gasteiger partial charge in [-0.3, -0.25) is 4.79 Å². The van der Waals surface area contributed by atoms with Crippen LogP contribution in [0.15, 0.2) is 0 Å². The third-order valence-electron chi connectivity index (χ3n) is 3.00. The summed E-state index contributed by atoms with van der Waals surface area (Å²) in [6.07, 6.45) is 2.55. The molecule has 0 spiro atoms. The number of carbonyl (C=O) groups excluding carboxylic acids is 1. The van der Waals surface area contributed by atoms with E-state index in [0.717, 1.165) is 12.8 Å². The minimum absolute atomic E-state index is 0.161. The summed E-state index contributed by atoms with van der Waals surface area (Å²) < 4.78 is 0. The summed E-state index contributed by atoms with van der Waals surface area (Å²) in [5, 5.41) is 27.3. The van der Waals surface area contributed by atoms with Crippen LogP contribution in [-0.4, -0.2) is 47.3 Å². The Morgan fingerprint density at radius 2 is 1.61 bits per heavy atom. The number of rotatable bonds is 9. The van der Waals surface area contributed by atoms with Gasteiger partial charge in [-0.05, 0) is 12.8 Å². The molecule has 0 aromatic heterocycles. The van der Waals surface area contributed by atoms with Gasteiger partial charge in [-0.15, -0.1) is 0 Å². The predicted molar refractivity (Wildman–Crippen MR) is 68.6 cm³/mol. The second-order valence-electron chi connectivity index (χ2n) is 4.43. The van der Waals surface area contributed by atoms with Crippen molar-refractivity contribution in [1.29, 1.82) is 5.26 Å². The number of amides is 1. The number of aliphatic hydroxyl groups excluding tert-OH is 2. The highest BCUT2D eigenvalue weighted by Crippen LogP contribution is 2.31. The number of nitrogens with zero attached hydrogens (tertiary/aromatic N) is 2. The van der Waals surface area contributed by atoms with Crippen LogP contribution in [0.2, 0.25) is 0 Å². The number of carbonyl (C=O) groups is 1. The molecule has 0 fully saturated rings. The number of hydrogen-bond acceptors (Lipinski definition) is 4. The lowest BCUT2D eigenvalue weighted by atomic mass is 9.79. The molecule has 2 N–H and O–H groups in total. The van der Waals surface area contributed by atoms with Crippen LogP contribution >= 0.6 is 0 Å². The number of aliphatic hydroxyl groups is 2. The van der Waals surface area contributed by atoms with Gasteiger partial charge in [0.15, 0.2) is 0 Å². The molecule has 0 aliphatic rings. The minimum atomic E-state index is -1.01. The molecule has 18 heavy (non-hydrogen) atoms. The molecule has 0 bridgehead atoms. The molecule has 0 saturated heterocycles. The van der Waals surface area contributed by atoms with Crippen LogP contribution in [0.5, 0.6) is 0 Å². The first kappa shape index (κ1) is 16.9. The summed E-state index contributed by atoms with van der Waals surface area (Å²) in [6, 6.07) is 2.16. The van der Waals surface area contributed by atoms with Gasteiger partial charge in [-0.1, -0.05) is 26.7 Å². The number of hydrogen-bond donors (Lipinski definition) is 2. The lowest BCUT2D eigenvalue weighted by molar-refractivity contribution is -0.141. The van der Waals surface area contributed by atoms with Crippen molar-refractivity contribution in [3.63, 3.8) is 0 Å². The van der Waals surface area contributed by atoms with Crippen molar-refractivity contribution in [2.75, 3.05) is 26.3 Å². The quantitative estimate of drug-likeness (QED) is 0.642. The van der Waals surface area contributed by atoms with Gasteiger partial charge in [0.25, 0.3) is 0 Å². The molecule has 0 aliphatic carbocycles. The molecule has 0 saturated carbocycles. The van der Waals surface area contributed by atoms with E-state index in [2.05, 4.69) is 6.07 Å². The molecule has 0 aromatic rings. The standard InChI is InChI=1S/C13H24N2O3/c1-3-5-13(11-14,6-4-2)12(18)15(7-9-16)8-10-17/h16-17H,3-10H2,1-2H3. The van der Waals surface area contributed by atoms with Crippen LogP contribution in [0.3, 0.4) is 0 Å². The highest BCUT2D eigenvalue weighted by atomic mass is 16.3. The average molecular weight is 256 g/mol. The van der Waals surface area contributed by atoms with Gasteiger partial charge in [-0.2, -0.15) is 5.26 Å². The fourth-order valence-electron chi connectivity index (χ4n) is 2.21. The van der Waals surface area contributed by atoms with E-state index < -0.39 is 5.41 Å². The highest BCUT2D eigenvalue weighted by molar-refractivity contribution is 5.85. The molecule has 5 heteroatoms. The van der Waals surface area contributed by atoms with E-state index in [9.17, 15) is 10.1 Å². The molecule has 0 unspecified atom stereocenters. The van der Waals surface area contributed by atoms with E-state index in [4.69, 9.17) is 10.2 Å². The maximum Gasteiger partial charge on any atom is 0.243 e. The molecular weight excluding hydrogens is 232 g/mol. The van der Waals surface area contributed by atoms with Crippen molar-refractivity contribution in [2.24, 2.45) is 5.41 Å². The normalized spacial score (nSPS) is 11.1. The monoisotopic (exact) mass is 256 g/mol. The largest absolute Gasteiger partial charge is 0.395 e. The molecule has 0 aliphatic heterocycles. The highest BCUT2D eigenvalue weighted by Gasteiger charge is 2.39. The summed E-state index contributed by atoms with van der Waals surface area (Å²) >= 11 is 0. The molecule has 5 nitrogen and oxygen atoms in total. The molecule has 1 amide bonds. The Morgan fingerprint density at radius 1 is 1.17 bits per heavy atom. The predicted octanol–water partition coefficient (Wildman–Crippen LogP) is 0.910. The third kappa shape index (κ3) is 4.28. The van der Waals surface area contributed by atoms with Crippen molar-refractivity contribution in [3.05, 3.63) is 0 Å². The summed E-state index contributed by atoms with van der Waals surface area (Å²) in [7, 11) is 0. The maximum atomic E-state index is 12.4. The number of nitriles is 1. The second-order valence-corrected chi connectivity index (χ2v) is 4.43. The van der Waals surface area contributed by atoms with Crippen LogP contribution in [0.25, 0.3) is 0 Å². The van der Waals surface area contributed by atoms with E-state index in [1.165, 1.54) is 4.90 Å². The zero-order valence-electron chi connectivity index (χ0n) is 11.4. The van der Waals surface area contributed by atoms with Crippen molar-refractivity contribution in [1.82, 2.24) is 4.90 Å². The zero-order chi connectivity index (χ0) is 14.0. The Morgan fingerprint density at radius 3 is 1.89 bits per heavy atom. The Bertz CT molecular complexity index is 274.